The Morgan fingerprint density at radius 2 is 1.77 bits per heavy atom. The molecule has 1 aliphatic rings. The zero-order valence-electron chi connectivity index (χ0n) is 17.5. The number of anilines is 2. The summed E-state index contributed by atoms with van der Waals surface area (Å²) in [5, 5.41) is 7.97. The van der Waals surface area contributed by atoms with Gasteiger partial charge in [0.2, 0.25) is 5.95 Å². The summed E-state index contributed by atoms with van der Waals surface area (Å²) in [5.74, 6) is 0.613. The molecule has 3 N–H and O–H groups in total. The molecule has 0 bridgehead atoms. The Labute approximate surface area is 176 Å². The third-order valence-electron chi connectivity index (χ3n) is 5.50. The van der Waals surface area contributed by atoms with Gasteiger partial charge in [0.05, 0.1) is 12.7 Å². The number of unbranched alkanes of at least 4 members (excludes halogenated alkanes) is 1. The number of nitrogens with two attached hydrogens (primary N) is 1. The Hall–Kier alpha value is -3.00. The summed E-state index contributed by atoms with van der Waals surface area (Å²) in [5.41, 5.74) is 8.39. The van der Waals surface area contributed by atoms with Gasteiger partial charge in [-0.05, 0) is 43.5 Å². The number of nitrogens with zero attached hydrogens (tertiary/aromatic N) is 5. The van der Waals surface area contributed by atoms with Gasteiger partial charge < -0.3 is 11.1 Å². The lowest BCUT2D eigenvalue weighted by atomic mass is 10.1. The molecule has 0 amide bonds. The molecule has 0 unspecified atom stereocenters. The Morgan fingerprint density at radius 1 is 1.07 bits per heavy atom. The number of benzene rings is 1. The number of hydrogen-bond donors (Lipinski definition) is 2. The lowest BCUT2D eigenvalue weighted by Gasteiger charge is -2.15. The van der Waals surface area contributed by atoms with Gasteiger partial charge in [-0.1, -0.05) is 37.6 Å². The van der Waals surface area contributed by atoms with E-state index in [2.05, 4.69) is 56.5 Å². The normalized spacial score (nSPS) is 14.4. The first kappa shape index (κ1) is 20.3. The maximum atomic E-state index is 13.1. The second kappa shape index (κ2) is 9.21. The number of nitrogens with one attached hydrogen (secondary N) is 1. The highest BCUT2D eigenvalue weighted by Gasteiger charge is 2.14. The lowest BCUT2D eigenvalue weighted by Crippen LogP contribution is -2.25. The molecule has 1 aliphatic heterocycles. The standard InChI is InChI=1S/C22H29N7O/c1-2-3-10-24-20-19-18(26-22(23)27-20)13-25-29(21(19)30)15-17-8-6-16(7-9-17)14-28-11-4-5-12-28/h6-9,13H,2-5,10-12,14-15H2,1H3,(H3,23,24,26,27). The number of fused-ring (bicyclic) bond motifs is 1. The van der Waals surface area contributed by atoms with Crippen molar-refractivity contribution in [2.24, 2.45) is 0 Å². The van der Waals surface area contributed by atoms with Crippen molar-refractivity contribution in [2.45, 2.75) is 45.7 Å². The van der Waals surface area contributed by atoms with E-state index in [1.807, 2.05) is 0 Å². The van der Waals surface area contributed by atoms with Crippen LogP contribution in [-0.2, 0) is 13.1 Å². The minimum Gasteiger partial charge on any atom is -0.369 e. The summed E-state index contributed by atoms with van der Waals surface area (Å²) in [6.07, 6.45) is 6.19. The molecular weight excluding hydrogens is 378 g/mol. The summed E-state index contributed by atoms with van der Waals surface area (Å²) in [6.45, 7) is 6.58. The minimum absolute atomic E-state index is 0.133. The van der Waals surface area contributed by atoms with Gasteiger partial charge in [-0.15, -0.1) is 0 Å². The van der Waals surface area contributed by atoms with Crippen LogP contribution in [0.1, 0.15) is 43.7 Å². The smallest absolute Gasteiger partial charge is 0.280 e. The highest BCUT2D eigenvalue weighted by atomic mass is 16.1. The summed E-state index contributed by atoms with van der Waals surface area (Å²) in [6, 6.07) is 8.43. The van der Waals surface area contributed by atoms with E-state index in [-0.39, 0.29) is 11.5 Å². The number of hydrogen-bond acceptors (Lipinski definition) is 7. The molecule has 1 aromatic carbocycles. The third kappa shape index (κ3) is 4.59. The number of rotatable bonds is 8. The van der Waals surface area contributed by atoms with Crippen molar-refractivity contribution in [2.75, 3.05) is 30.7 Å². The van der Waals surface area contributed by atoms with Crippen molar-refractivity contribution in [1.82, 2.24) is 24.6 Å². The third-order valence-corrected chi connectivity index (χ3v) is 5.50. The zero-order chi connectivity index (χ0) is 20.9. The van der Waals surface area contributed by atoms with Crippen LogP contribution in [0.25, 0.3) is 10.9 Å². The fourth-order valence-corrected chi connectivity index (χ4v) is 3.85. The Kier molecular flexibility index (Phi) is 6.23. The van der Waals surface area contributed by atoms with Crippen LogP contribution in [-0.4, -0.2) is 44.3 Å². The van der Waals surface area contributed by atoms with Crippen molar-refractivity contribution in [3.05, 3.63) is 51.9 Å². The van der Waals surface area contributed by atoms with Crippen molar-refractivity contribution < 1.29 is 0 Å². The van der Waals surface area contributed by atoms with Crippen LogP contribution in [0.3, 0.4) is 0 Å². The van der Waals surface area contributed by atoms with Crippen LogP contribution in [0.4, 0.5) is 11.8 Å². The van der Waals surface area contributed by atoms with Gasteiger partial charge in [-0.25, -0.2) is 9.67 Å². The van der Waals surface area contributed by atoms with E-state index in [1.54, 1.807) is 6.20 Å². The van der Waals surface area contributed by atoms with Crippen molar-refractivity contribution in [3.63, 3.8) is 0 Å². The largest absolute Gasteiger partial charge is 0.369 e. The van der Waals surface area contributed by atoms with Gasteiger partial charge >= 0.3 is 0 Å². The predicted molar refractivity (Wildman–Crippen MR) is 119 cm³/mol. The second-order valence-corrected chi connectivity index (χ2v) is 7.88. The number of likely N-dealkylation sites (tertiary alicyclic amines) is 1. The molecule has 8 heteroatoms. The maximum Gasteiger partial charge on any atom is 0.280 e. The van der Waals surface area contributed by atoms with E-state index in [0.29, 0.717) is 23.3 Å². The van der Waals surface area contributed by atoms with Gasteiger partial charge in [0.25, 0.3) is 5.56 Å². The molecule has 0 aliphatic carbocycles. The monoisotopic (exact) mass is 407 g/mol. The molecule has 0 spiro atoms. The Morgan fingerprint density at radius 3 is 2.47 bits per heavy atom. The van der Waals surface area contributed by atoms with E-state index < -0.39 is 0 Å². The fourth-order valence-electron chi connectivity index (χ4n) is 3.85. The van der Waals surface area contributed by atoms with Gasteiger partial charge in [-0.3, -0.25) is 9.69 Å². The van der Waals surface area contributed by atoms with Crippen molar-refractivity contribution in [3.8, 4) is 0 Å². The first-order valence-corrected chi connectivity index (χ1v) is 10.7. The molecule has 1 fully saturated rings. The first-order chi connectivity index (χ1) is 14.6. The lowest BCUT2D eigenvalue weighted by molar-refractivity contribution is 0.331. The van der Waals surface area contributed by atoms with Gasteiger partial charge in [0, 0.05) is 13.1 Å². The number of nitrogen functional groups attached to an aromatic ring is 1. The van der Waals surface area contributed by atoms with Gasteiger partial charge in [0.15, 0.2) is 0 Å². The highest BCUT2D eigenvalue weighted by molar-refractivity contribution is 5.88. The average molecular weight is 408 g/mol. The quantitative estimate of drug-likeness (QED) is 0.553. The topological polar surface area (TPSA) is 102 Å². The maximum absolute atomic E-state index is 13.1. The molecule has 3 heterocycles. The second-order valence-electron chi connectivity index (χ2n) is 7.88. The van der Waals surface area contributed by atoms with Crippen LogP contribution >= 0.6 is 0 Å². The van der Waals surface area contributed by atoms with Crippen LogP contribution in [0, 0.1) is 0 Å². The van der Waals surface area contributed by atoms with Crippen LogP contribution in [0.15, 0.2) is 35.3 Å². The van der Waals surface area contributed by atoms with Crippen LogP contribution < -0.4 is 16.6 Å². The van der Waals surface area contributed by atoms with Crippen LogP contribution in [0.5, 0.6) is 0 Å². The SMILES string of the molecule is CCCCNc1nc(N)nc2cnn(Cc3ccc(CN4CCCC4)cc3)c(=O)c12. The van der Waals surface area contributed by atoms with E-state index in [1.165, 1.54) is 36.2 Å². The zero-order valence-corrected chi connectivity index (χ0v) is 17.5. The molecule has 2 aromatic heterocycles. The van der Waals surface area contributed by atoms with Gasteiger partial charge in [0.1, 0.15) is 16.7 Å². The van der Waals surface area contributed by atoms with E-state index in [4.69, 9.17) is 5.73 Å². The summed E-state index contributed by atoms with van der Waals surface area (Å²) >= 11 is 0. The molecule has 8 nitrogen and oxygen atoms in total. The molecule has 0 saturated carbocycles. The van der Waals surface area contributed by atoms with Gasteiger partial charge in [-0.2, -0.15) is 10.1 Å². The molecule has 0 atom stereocenters. The summed E-state index contributed by atoms with van der Waals surface area (Å²) in [4.78, 5) is 24.0. The molecule has 4 rings (SSSR count). The first-order valence-electron chi connectivity index (χ1n) is 10.7. The van der Waals surface area contributed by atoms with Crippen LogP contribution in [0.2, 0.25) is 0 Å². The predicted octanol–water partition coefficient (Wildman–Crippen LogP) is 2.62. The fraction of sp³-hybridized carbons (Fsp3) is 0.455. The molecule has 3 aromatic rings. The Balaban J connectivity index is 1.56. The van der Waals surface area contributed by atoms with E-state index in [0.717, 1.165) is 31.5 Å². The molecular formula is C22H29N7O. The minimum atomic E-state index is -0.215. The average Bonchev–Trinajstić information content (AvgIpc) is 3.24. The Bertz CT molecular complexity index is 1060. The molecule has 0 radical (unpaired) electrons. The summed E-state index contributed by atoms with van der Waals surface area (Å²) in [7, 11) is 0. The highest BCUT2D eigenvalue weighted by Crippen LogP contribution is 2.18. The van der Waals surface area contributed by atoms with Crippen molar-refractivity contribution in [1.29, 1.82) is 0 Å². The molecule has 1 saturated heterocycles. The molecule has 30 heavy (non-hydrogen) atoms. The van der Waals surface area contributed by atoms with Crippen molar-refractivity contribution >= 4 is 22.7 Å². The summed E-state index contributed by atoms with van der Waals surface area (Å²) < 4.78 is 1.46. The molecule has 158 valence electrons. The number of aromatic nitrogens is 4. The van der Waals surface area contributed by atoms with E-state index in [9.17, 15) is 4.79 Å². The van der Waals surface area contributed by atoms with E-state index >= 15 is 0 Å².